The normalized spacial score (nSPS) is 12.2. The number of hydrogen-bond acceptors (Lipinski definition) is 6. The van der Waals surface area contributed by atoms with Crippen molar-refractivity contribution in [2.75, 3.05) is 13.2 Å². The molecule has 7 heteroatoms. The maximum atomic E-state index is 11.5. The number of carbonyl (C=O) groups is 1. The molecule has 32 heavy (non-hydrogen) atoms. The average Bonchev–Trinajstić information content (AvgIpc) is 3.43. The molecule has 0 radical (unpaired) electrons. The summed E-state index contributed by atoms with van der Waals surface area (Å²) in [6, 6.07) is 15.7. The largest absolute Gasteiger partial charge is 0.492 e. The Labute approximate surface area is 190 Å². The van der Waals surface area contributed by atoms with Gasteiger partial charge in [0.1, 0.15) is 11.5 Å². The van der Waals surface area contributed by atoms with E-state index < -0.39 is 12.1 Å². The first kappa shape index (κ1) is 22.0. The van der Waals surface area contributed by atoms with Gasteiger partial charge < -0.3 is 19.0 Å². The summed E-state index contributed by atoms with van der Waals surface area (Å²) in [5, 5.41) is 12.4. The Morgan fingerprint density at radius 3 is 2.75 bits per heavy atom. The number of aliphatic carboxylic acids is 1. The summed E-state index contributed by atoms with van der Waals surface area (Å²) in [6.45, 7) is 4.54. The summed E-state index contributed by atoms with van der Waals surface area (Å²) in [6.07, 6.45) is 0.0862. The van der Waals surface area contributed by atoms with E-state index in [1.165, 1.54) is 0 Å². The summed E-state index contributed by atoms with van der Waals surface area (Å²) >= 11 is 1.58. The monoisotopic (exact) mass is 451 g/mol. The second-order valence-electron chi connectivity index (χ2n) is 7.36. The van der Waals surface area contributed by atoms with Crippen molar-refractivity contribution >= 4 is 27.4 Å². The number of nitrogens with zero attached hydrogens (tertiary/aromatic N) is 1. The molecule has 0 spiro atoms. The molecule has 0 fully saturated rings. The van der Waals surface area contributed by atoms with Crippen molar-refractivity contribution in [3.8, 4) is 17.2 Å². The molecule has 0 aliphatic rings. The van der Waals surface area contributed by atoms with Crippen LogP contribution in [0.1, 0.15) is 23.9 Å². The number of ether oxygens (including phenoxy) is 2. The molecule has 0 aliphatic heterocycles. The van der Waals surface area contributed by atoms with Crippen LogP contribution in [0, 0.1) is 6.92 Å². The van der Waals surface area contributed by atoms with E-state index >= 15 is 0 Å². The predicted molar refractivity (Wildman–Crippen MR) is 124 cm³/mol. The molecular weight excluding hydrogens is 426 g/mol. The summed E-state index contributed by atoms with van der Waals surface area (Å²) in [5.74, 6) is 1.24. The second kappa shape index (κ2) is 9.97. The Hall–Kier alpha value is -3.16. The zero-order chi connectivity index (χ0) is 22.5. The van der Waals surface area contributed by atoms with Gasteiger partial charge in [-0.05, 0) is 54.4 Å². The van der Waals surface area contributed by atoms with Crippen LogP contribution in [0.15, 0.2) is 58.3 Å². The van der Waals surface area contributed by atoms with Crippen molar-refractivity contribution in [1.82, 2.24) is 4.98 Å². The highest BCUT2D eigenvalue weighted by Gasteiger charge is 2.20. The molecule has 0 saturated carbocycles. The first-order chi connectivity index (χ1) is 15.6. The van der Waals surface area contributed by atoms with Crippen LogP contribution < -0.4 is 4.74 Å². The lowest BCUT2D eigenvalue weighted by Gasteiger charge is -2.14. The van der Waals surface area contributed by atoms with Crippen LogP contribution >= 0.6 is 11.3 Å². The Balaban J connectivity index is 1.45. The zero-order valence-corrected chi connectivity index (χ0v) is 18.9. The van der Waals surface area contributed by atoms with Crippen LogP contribution in [0.2, 0.25) is 0 Å². The summed E-state index contributed by atoms with van der Waals surface area (Å²) in [4.78, 5) is 16.1. The van der Waals surface area contributed by atoms with Crippen LogP contribution in [0.3, 0.4) is 0 Å². The van der Waals surface area contributed by atoms with Gasteiger partial charge in [-0.1, -0.05) is 24.3 Å². The lowest BCUT2D eigenvalue weighted by atomic mass is 10.0. The molecule has 2 heterocycles. The fourth-order valence-electron chi connectivity index (χ4n) is 3.63. The van der Waals surface area contributed by atoms with Crippen LogP contribution in [0.5, 0.6) is 5.75 Å². The minimum Gasteiger partial charge on any atom is -0.492 e. The van der Waals surface area contributed by atoms with E-state index in [4.69, 9.17) is 13.9 Å². The molecule has 6 nitrogen and oxygen atoms in total. The summed E-state index contributed by atoms with van der Waals surface area (Å²) < 4.78 is 18.3. The number of thiophene rings is 1. The fourth-order valence-corrected chi connectivity index (χ4v) is 4.54. The number of hydrogen-bond donors (Lipinski definition) is 1. The standard InChI is InChI=1S/C25H25NO5S/c1-3-29-22(25(27)28)15-18-9-10-21(23-19(18)12-14-32-23)30-13-11-20-16(2)31-24(26-20)17-7-5-4-6-8-17/h4-10,12,14,22H,3,11,13,15H2,1-2H3,(H,27,28)/t22-/m0/s1. The van der Waals surface area contributed by atoms with Crippen molar-refractivity contribution in [2.45, 2.75) is 32.8 Å². The van der Waals surface area contributed by atoms with Crippen molar-refractivity contribution in [3.63, 3.8) is 0 Å². The Morgan fingerprint density at radius 2 is 2.00 bits per heavy atom. The van der Waals surface area contributed by atoms with Gasteiger partial charge >= 0.3 is 5.97 Å². The van der Waals surface area contributed by atoms with E-state index in [1.54, 1.807) is 18.3 Å². The van der Waals surface area contributed by atoms with Gasteiger partial charge in [-0.15, -0.1) is 11.3 Å². The number of aromatic nitrogens is 1. The SMILES string of the molecule is CCO[C@@H](Cc1ccc(OCCc2nc(-c3ccccc3)oc2C)c2sccc12)C(=O)O. The van der Waals surface area contributed by atoms with E-state index in [1.807, 2.05) is 60.8 Å². The number of fused-ring (bicyclic) bond motifs is 1. The van der Waals surface area contributed by atoms with Crippen molar-refractivity contribution in [1.29, 1.82) is 0 Å². The number of benzene rings is 2. The Kier molecular flexibility index (Phi) is 6.87. The topological polar surface area (TPSA) is 81.8 Å². The second-order valence-corrected chi connectivity index (χ2v) is 8.28. The van der Waals surface area contributed by atoms with E-state index in [9.17, 15) is 9.90 Å². The van der Waals surface area contributed by atoms with Crippen LogP contribution in [0.4, 0.5) is 0 Å². The van der Waals surface area contributed by atoms with Gasteiger partial charge in [0.05, 0.1) is 17.0 Å². The van der Waals surface area contributed by atoms with Gasteiger partial charge in [0.2, 0.25) is 5.89 Å². The molecule has 2 aromatic carbocycles. The average molecular weight is 452 g/mol. The number of carboxylic acid groups (broad SMARTS) is 1. The lowest BCUT2D eigenvalue weighted by Crippen LogP contribution is -2.26. The first-order valence-electron chi connectivity index (χ1n) is 10.5. The van der Waals surface area contributed by atoms with Crippen molar-refractivity contribution in [3.05, 3.63) is 70.9 Å². The molecule has 0 bridgehead atoms. The first-order valence-corrected chi connectivity index (χ1v) is 11.4. The van der Waals surface area contributed by atoms with E-state index in [2.05, 4.69) is 4.98 Å². The van der Waals surface area contributed by atoms with Crippen LogP contribution in [-0.4, -0.2) is 35.4 Å². The minimum atomic E-state index is -0.951. The Morgan fingerprint density at radius 1 is 1.19 bits per heavy atom. The van der Waals surface area contributed by atoms with E-state index in [0.29, 0.717) is 31.9 Å². The van der Waals surface area contributed by atoms with Gasteiger partial charge in [0, 0.05) is 25.0 Å². The third-order valence-electron chi connectivity index (χ3n) is 5.23. The molecule has 0 aliphatic carbocycles. The fraction of sp³-hybridized carbons (Fsp3) is 0.280. The van der Waals surface area contributed by atoms with Gasteiger partial charge in [-0.2, -0.15) is 0 Å². The number of oxazole rings is 1. The lowest BCUT2D eigenvalue weighted by molar-refractivity contribution is -0.149. The highest BCUT2D eigenvalue weighted by atomic mass is 32.1. The smallest absolute Gasteiger partial charge is 0.333 e. The molecule has 0 saturated heterocycles. The van der Waals surface area contributed by atoms with Gasteiger partial charge in [0.25, 0.3) is 0 Å². The highest BCUT2D eigenvalue weighted by molar-refractivity contribution is 7.17. The van der Waals surface area contributed by atoms with Crippen molar-refractivity contribution in [2.24, 2.45) is 0 Å². The third kappa shape index (κ3) is 4.84. The van der Waals surface area contributed by atoms with Gasteiger partial charge in [-0.25, -0.2) is 9.78 Å². The van der Waals surface area contributed by atoms with E-state index in [0.717, 1.165) is 38.4 Å². The maximum Gasteiger partial charge on any atom is 0.333 e. The molecule has 4 aromatic rings. The summed E-state index contributed by atoms with van der Waals surface area (Å²) in [5.41, 5.74) is 2.77. The maximum absolute atomic E-state index is 11.5. The van der Waals surface area contributed by atoms with Crippen LogP contribution in [0.25, 0.3) is 21.5 Å². The molecule has 1 N–H and O–H groups in total. The van der Waals surface area contributed by atoms with Gasteiger partial charge in [0.15, 0.2) is 6.10 Å². The summed E-state index contributed by atoms with van der Waals surface area (Å²) in [7, 11) is 0. The quantitative estimate of drug-likeness (QED) is 0.342. The van der Waals surface area contributed by atoms with E-state index in [-0.39, 0.29) is 0 Å². The zero-order valence-electron chi connectivity index (χ0n) is 18.0. The minimum absolute atomic E-state index is 0.317. The van der Waals surface area contributed by atoms with Gasteiger partial charge in [-0.3, -0.25) is 0 Å². The molecule has 0 unspecified atom stereocenters. The number of carboxylic acids is 1. The number of rotatable bonds is 10. The number of aryl methyl sites for hydroxylation is 1. The molecule has 4 rings (SSSR count). The van der Waals surface area contributed by atoms with Crippen LogP contribution in [-0.2, 0) is 22.4 Å². The molecule has 166 valence electrons. The van der Waals surface area contributed by atoms with Crippen molar-refractivity contribution < 1.29 is 23.8 Å². The predicted octanol–water partition coefficient (Wildman–Crippen LogP) is 5.52. The molecule has 0 amide bonds. The molecule has 1 atom stereocenters. The Bertz CT molecular complexity index is 1200. The molecular formula is C25H25NO5S. The highest BCUT2D eigenvalue weighted by Crippen LogP contribution is 2.34. The molecule has 2 aromatic heterocycles. The third-order valence-corrected chi connectivity index (χ3v) is 6.16.